The van der Waals surface area contributed by atoms with Gasteiger partial charge < -0.3 is 4.74 Å². The summed E-state index contributed by atoms with van der Waals surface area (Å²) in [6, 6.07) is 7.38. The van der Waals surface area contributed by atoms with E-state index in [1.807, 2.05) is 24.5 Å². The number of ether oxygens (including phenoxy) is 1. The Morgan fingerprint density at radius 3 is 2.86 bits per heavy atom. The average molecular weight is 336 g/mol. The number of nitrogens with one attached hydrogen (secondary N) is 1. The lowest BCUT2D eigenvalue weighted by Gasteiger charge is -2.06. The molecule has 0 bridgehead atoms. The largest absolute Gasteiger partial charge is 0.466 e. The lowest BCUT2D eigenvalue weighted by Crippen LogP contribution is -2.13. The molecule has 0 radical (unpaired) electrons. The summed E-state index contributed by atoms with van der Waals surface area (Å²) in [5.41, 5.74) is 1.20. The molecule has 1 amide bonds. The van der Waals surface area contributed by atoms with Crippen molar-refractivity contribution in [3.63, 3.8) is 0 Å². The van der Waals surface area contributed by atoms with Gasteiger partial charge in [0.1, 0.15) is 0 Å². The SMILES string of the molecule is CCOC(=O)Cc1csc(NC(=O)c2ccccc2SC)n1. The average Bonchev–Trinajstić information content (AvgIpc) is 2.94. The molecule has 7 heteroatoms. The highest BCUT2D eigenvalue weighted by atomic mass is 32.2. The maximum absolute atomic E-state index is 12.3. The molecule has 0 aliphatic carbocycles. The van der Waals surface area contributed by atoms with Crippen LogP contribution < -0.4 is 5.32 Å². The van der Waals surface area contributed by atoms with Crippen molar-refractivity contribution in [2.45, 2.75) is 18.2 Å². The van der Waals surface area contributed by atoms with Gasteiger partial charge in [0, 0.05) is 10.3 Å². The van der Waals surface area contributed by atoms with E-state index in [0.717, 1.165) is 4.90 Å². The molecule has 0 atom stereocenters. The maximum atomic E-state index is 12.3. The third-order valence-corrected chi connectivity index (χ3v) is 4.36. The summed E-state index contributed by atoms with van der Waals surface area (Å²) < 4.78 is 4.87. The van der Waals surface area contributed by atoms with Gasteiger partial charge in [-0.15, -0.1) is 23.1 Å². The van der Waals surface area contributed by atoms with Crippen LogP contribution in [0, 0.1) is 0 Å². The Morgan fingerprint density at radius 2 is 2.14 bits per heavy atom. The second kappa shape index (κ2) is 7.95. The quantitative estimate of drug-likeness (QED) is 0.648. The Hall–Kier alpha value is -1.86. The fourth-order valence-electron chi connectivity index (χ4n) is 1.80. The molecule has 1 aromatic heterocycles. The molecule has 5 nitrogen and oxygen atoms in total. The fourth-order valence-corrected chi connectivity index (χ4v) is 3.10. The van der Waals surface area contributed by atoms with Crippen LogP contribution in [0.2, 0.25) is 0 Å². The van der Waals surface area contributed by atoms with E-state index in [4.69, 9.17) is 4.74 Å². The highest BCUT2D eigenvalue weighted by Crippen LogP contribution is 2.22. The van der Waals surface area contributed by atoms with Crippen molar-refractivity contribution >= 4 is 40.1 Å². The first kappa shape index (κ1) is 16.5. The molecule has 1 aromatic carbocycles. The van der Waals surface area contributed by atoms with Crippen molar-refractivity contribution in [3.05, 3.63) is 40.9 Å². The van der Waals surface area contributed by atoms with Gasteiger partial charge in [0.15, 0.2) is 5.13 Å². The summed E-state index contributed by atoms with van der Waals surface area (Å²) in [7, 11) is 0. The number of carbonyl (C=O) groups is 2. The number of thiazole rings is 1. The van der Waals surface area contributed by atoms with E-state index in [0.29, 0.717) is 23.0 Å². The number of aromatic nitrogens is 1. The van der Waals surface area contributed by atoms with Crippen molar-refractivity contribution < 1.29 is 14.3 Å². The molecule has 1 N–H and O–H groups in total. The third kappa shape index (κ3) is 4.32. The van der Waals surface area contributed by atoms with E-state index >= 15 is 0 Å². The maximum Gasteiger partial charge on any atom is 0.311 e. The zero-order chi connectivity index (χ0) is 15.9. The first-order chi connectivity index (χ1) is 10.6. The van der Waals surface area contributed by atoms with E-state index in [2.05, 4.69) is 10.3 Å². The molecule has 116 valence electrons. The smallest absolute Gasteiger partial charge is 0.311 e. The predicted octanol–water partition coefficient (Wildman–Crippen LogP) is 3.22. The van der Waals surface area contributed by atoms with Crippen LogP contribution in [0.5, 0.6) is 0 Å². The highest BCUT2D eigenvalue weighted by Gasteiger charge is 2.13. The van der Waals surface area contributed by atoms with Gasteiger partial charge in [-0.25, -0.2) is 4.98 Å². The second-order valence-corrected chi connectivity index (χ2v) is 5.99. The number of anilines is 1. The van der Waals surface area contributed by atoms with Gasteiger partial charge in [-0.3, -0.25) is 14.9 Å². The molecule has 0 aliphatic rings. The number of hydrogen-bond acceptors (Lipinski definition) is 6. The molecule has 0 saturated heterocycles. The van der Waals surface area contributed by atoms with Crippen LogP contribution in [0.25, 0.3) is 0 Å². The van der Waals surface area contributed by atoms with Crippen LogP contribution in [-0.2, 0) is 16.0 Å². The second-order valence-electron chi connectivity index (χ2n) is 4.28. The molecular weight excluding hydrogens is 320 g/mol. The molecule has 0 unspecified atom stereocenters. The minimum absolute atomic E-state index is 0.113. The lowest BCUT2D eigenvalue weighted by molar-refractivity contribution is -0.142. The summed E-state index contributed by atoms with van der Waals surface area (Å²) in [5, 5.41) is 4.98. The molecule has 2 aromatic rings. The summed E-state index contributed by atoms with van der Waals surface area (Å²) in [5.74, 6) is -0.527. The van der Waals surface area contributed by atoms with Gasteiger partial charge in [0.2, 0.25) is 0 Å². The Labute approximate surface area is 137 Å². The van der Waals surface area contributed by atoms with Gasteiger partial charge in [-0.1, -0.05) is 12.1 Å². The third-order valence-electron chi connectivity index (χ3n) is 2.75. The molecule has 0 saturated carbocycles. The minimum Gasteiger partial charge on any atom is -0.466 e. The molecule has 2 rings (SSSR count). The monoisotopic (exact) mass is 336 g/mol. The van der Waals surface area contributed by atoms with Crippen molar-refractivity contribution in [1.82, 2.24) is 4.98 Å². The number of benzene rings is 1. The number of nitrogens with zero attached hydrogens (tertiary/aromatic N) is 1. The van der Waals surface area contributed by atoms with Gasteiger partial charge in [-0.2, -0.15) is 0 Å². The van der Waals surface area contributed by atoms with Crippen LogP contribution in [-0.4, -0.2) is 29.7 Å². The normalized spacial score (nSPS) is 10.3. The van der Waals surface area contributed by atoms with E-state index in [1.54, 1.807) is 18.4 Å². The van der Waals surface area contributed by atoms with Crippen LogP contribution in [0.3, 0.4) is 0 Å². The first-order valence-corrected chi connectivity index (χ1v) is 8.79. The van der Waals surface area contributed by atoms with Crippen LogP contribution in [0.4, 0.5) is 5.13 Å². The molecule has 0 fully saturated rings. The van der Waals surface area contributed by atoms with Crippen molar-refractivity contribution in [2.75, 3.05) is 18.2 Å². The molecule has 0 aliphatic heterocycles. The number of esters is 1. The van der Waals surface area contributed by atoms with Gasteiger partial charge in [0.05, 0.1) is 24.3 Å². The number of rotatable bonds is 6. The lowest BCUT2D eigenvalue weighted by atomic mass is 10.2. The fraction of sp³-hybridized carbons (Fsp3) is 0.267. The van der Waals surface area contributed by atoms with Crippen molar-refractivity contribution in [3.8, 4) is 0 Å². The summed E-state index contributed by atoms with van der Waals surface area (Å²) in [4.78, 5) is 28.8. The summed E-state index contributed by atoms with van der Waals surface area (Å²) in [6.07, 6.45) is 2.04. The van der Waals surface area contributed by atoms with Gasteiger partial charge in [-0.05, 0) is 25.3 Å². The van der Waals surface area contributed by atoms with Gasteiger partial charge in [0.25, 0.3) is 5.91 Å². The van der Waals surface area contributed by atoms with Crippen molar-refractivity contribution in [1.29, 1.82) is 0 Å². The Kier molecular flexibility index (Phi) is 5.97. The molecule has 0 spiro atoms. The van der Waals surface area contributed by atoms with E-state index < -0.39 is 0 Å². The zero-order valence-corrected chi connectivity index (χ0v) is 13.9. The summed E-state index contributed by atoms with van der Waals surface area (Å²) in [6.45, 7) is 2.10. The Bertz CT molecular complexity index is 670. The minimum atomic E-state index is -0.321. The summed E-state index contributed by atoms with van der Waals surface area (Å²) >= 11 is 2.80. The van der Waals surface area contributed by atoms with Crippen molar-refractivity contribution in [2.24, 2.45) is 0 Å². The van der Waals surface area contributed by atoms with Crippen LogP contribution in [0.1, 0.15) is 23.0 Å². The van der Waals surface area contributed by atoms with Crippen LogP contribution >= 0.6 is 23.1 Å². The molecule has 22 heavy (non-hydrogen) atoms. The standard InChI is InChI=1S/C15H16N2O3S2/c1-3-20-13(18)8-10-9-22-15(16-10)17-14(19)11-6-4-5-7-12(11)21-2/h4-7,9H,3,8H2,1-2H3,(H,16,17,19). The number of hydrogen-bond donors (Lipinski definition) is 1. The molecular formula is C15H16N2O3S2. The topological polar surface area (TPSA) is 68.3 Å². The van der Waals surface area contributed by atoms with E-state index in [-0.39, 0.29) is 18.3 Å². The van der Waals surface area contributed by atoms with E-state index in [1.165, 1.54) is 23.1 Å². The van der Waals surface area contributed by atoms with Gasteiger partial charge >= 0.3 is 5.97 Å². The van der Waals surface area contributed by atoms with E-state index in [9.17, 15) is 9.59 Å². The number of amides is 1. The molecule has 1 heterocycles. The Balaban J connectivity index is 2.03. The number of thioether (sulfide) groups is 1. The highest BCUT2D eigenvalue weighted by molar-refractivity contribution is 7.98. The zero-order valence-electron chi connectivity index (χ0n) is 12.3. The Morgan fingerprint density at radius 1 is 1.36 bits per heavy atom. The first-order valence-electron chi connectivity index (χ1n) is 6.68. The van der Waals surface area contributed by atoms with Crippen LogP contribution in [0.15, 0.2) is 34.5 Å². The number of carbonyl (C=O) groups excluding carboxylic acids is 2. The predicted molar refractivity (Wildman–Crippen MR) is 88.6 cm³/mol.